The van der Waals surface area contributed by atoms with Crippen LogP contribution in [0.2, 0.25) is 0 Å². The Kier molecular flexibility index (Phi) is 5.50. The van der Waals surface area contributed by atoms with Crippen LogP contribution in [-0.4, -0.2) is 10.7 Å². The molecule has 0 amide bonds. The van der Waals surface area contributed by atoms with Crippen molar-refractivity contribution in [1.82, 2.24) is 0 Å². The van der Waals surface area contributed by atoms with Crippen molar-refractivity contribution in [1.29, 1.82) is 0 Å². The van der Waals surface area contributed by atoms with E-state index in [1.807, 2.05) is 38.1 Å². The monoisotopic (exact) mass is 351 g/mol. The molecule has 4 heteroatoms. The van der Waals surface area contributed by atoms with Crippen LogP contribution < -0.4 is 0 Å². The van der Waals surface area contributed by atoms with Crippen LogP contribution in [0.15, 0.2) is 36.4 Å². The molecule has 0 aromatic heterocycles. The van der Waals surface area contributed by atoms with Crippen molar-refractivity contribution in [2.75, 3.05) is 0 Å². The van der Waals surface area contributed by atoms with Crippen LogP contribution >= 0.6 is 0 Å². The van der Waals surface area contributed by atoms with E-state index >= 15 is 0 Å². The van der Waals surface area contributed by atoms with E-state index < -0.39 is 0 Å². The van der Waals surface area contributed by atoms with Crippen molar-refractivity contribution < 1.29 is 9.72 Å². The lowest BCUT2D eigenvalue weighted by Gasteiger charge is -2.09. The fourth-order valence-corrected chi connectivity index (χ4v) is 4.08. The molecule has 4 rings (SSSR count). The quantitative estimate of drug-likeness (QED) is 0.331. The van der Waals surface area contributed by atoms with Gasteiger partial charge in [0.2, 0.25) is 0 Å². The van der Waals surface area contributed by atoms with E-state index in [-0.39, 0.29) is 16.4 Å². The Hall–Kier alpha value is -2.49. The number of ketones is 1. The maximum Gasteiger partial charge on any atom is 0.269 e. The number of nitrogens with zero attached hydrogens (tertiary/aromatic N) is 1. The molecule has 0 spiro atoms. The average molecular weight is 351 g/mol. The van der Waals surface area contributed by atoms with E-state index in [1.54, 1.807) is 12.1 Å². The van der Waals surface area contributed by atoms with Crippen molar-refractivity contribution in [3.05, 3.63) is 63.2 Å². The Morgan fingerprint density at radius 3 is 2.31 bits per heavy atom. The number of nitro groups is 1. The molecule has 136 valence electrons. The zero-order valence-corrected chi connectivity index (χ0v) is 15.5. The zero-order valence-electron chi connectivity index (χ0n) is 15.5. The van der Waals surface area contributed by atoms with Crippen molar-refractivity contribution in [3.63, 3.8) is 0 Å². The molecule has 0 radical (unpaired) electrons. The maximum atomic E-state index is 12.5. The molecule has 0 heterocycles. The molecule has 0 unspecified atom stereocenters. The second-order valence-electron chi connectivity index (χ2n) is 6.93. The molecule has 1 saturated carbocycles. The van der Waals surface area contributed by atoms with Crippen LogP contribution in [0, 0.1) is 16.0 Å². The van der Waals surface area contributed by atoms with Crippen LogP contribution in [0.25, 0.3) is 11.1 Å². The summed E-state index contributed by atoms with van der Waals surface area (Å²) in [5, 5.41) is 10.9. The van der Waals surface area contributed by atoms with Gasteiger partial charge in [-0.05, 0) is 46.7 Å². The van der Waals surface area contributed by atoms with Crippen LogP contribution in [0.1, 0.15) is 67.4 Å². The third-order valence-corrected chi connectivity index (χ3v) is 5.35. The third kappa shape index (κ3) is 3.55. The van der Waals surface area contributed by atoms with Crippen molar-refractivity contribution >= 4 is 11.5 Å². The fraction of sp³-hybridized carbons (Fsp3) is 0.409. The van der Waals surface area contributed by atoms with Crippen LogP contribution in [0.3, 0.4) is 0 Å². The highest BCUT2D eigenvalue weighted by atomic mass is 16.6. The number of rotatable bonds is 4. The molecule has 26 heavy (non-hydrogen) atoms. The Bertz CT molecular complexity index is 835. The minimum Gasteiger partial charge on any atom is -0.294 e. The number of benzene rings is 2. The topological polar surface area (TPSA) is 60.2 Å². The number of Topliss-reactive ketones (excluding diaryl/α,β-unsaturated/α-hetero) is 1. The van der Waals surface area contributed by atoms with Gasteiger partial charge in [-0.1, -0.05) is 51.7 Å². The Morgan fingerprint density at radius 2 is 1.65 bits per heavy atom. The van der Waals surface area contributed by atoms with Gasteiger partial charge in [0.15, 0.2) is 5.78 Å². The summed E-state index contributed by atoms with van der Waals surface area (Å²) in [4.78, 5) is 23.1. The van der Waals surface area contributed by atoms with Crippen LogP contribution in [0.4, 0.5) is 5.69 Å². The van der Waals surface area contributed by atoms with E-state index in [2.05, 4.69) is 0 Å². The normalized spacial score (nSPS) is 15.0. The molecule has 0 atom stereocenters. The number of carbonyl (C=O) groups is 1. The predicted octanol–water partition coefficient (Wildman–Crippen LogP) is 5.96. The van der Waals surface area contributed by atoms with Gasteiger partial charge < -0.3 is 0 Å². The molecule has 2 aliphatic rings. The van der Waals surface area contributed by atoms with Crippen LogP contribution in [0.5, 0.6) is 0 Å². The van der Waals surface area contributed by atoms with Gasteiger partial charge >= 0.3 is 0 Å². The van der Waals surface area contributed by atoms with Crippen molar-refractivity contribution in [2.24, 2.45) is 5.92 Å². The summed E-state index contributed by atoms with van der Waals surface area (Å²) >= 11 is 0. The Labute approximate surface area is 154 Å². The van der Waals surface area contributed by atoms with Gasteiger partial charge in [-0.3, -0.25) is 14.9 Å². The summed E-state index contributed by atoms with van der Waals surface area (Å²) in [6.45, 7) is 4.00. The van der Waals surface area contributed by atoms with Gasteiger partial charge in [0.1, 0.15) is 0 Å². The lowest BCUT2D eigenvalue weighted by atomic mass is 9.95. The SMILES string of the molecule is CC.O=C(CC1CCCC1)c1ccc2c(c1)Cc1cc([N+](=O)[O-])ccc1-2. The number of carbonyl (C=O) groups excluding carboxylic acids is 1. The molecular weight excluding hydrogens is 326 g/mol. The number of nitro benzene ring substituents is 1. The molecule has 1 fully saturated rings. The van der Waals surface area contributed by atoms with E-state index in [4.69, 9.17) is 0 Å². The molecule has 0 bridgehead atoms. The summed E-state index contributed by atoms with van der Waals surface area (Å²) in [5.41, 5.74) is 5.12. The smallest absolute Gasteiger partial charge is 0.269 e. The number of non-ortho nitro benzene ring substituents is 1. The number of hydrogen-bond acceptors (Lipinski definition) is 3. The molecule has 0 N–H and O–H groups in total. The second-order valence-corrected chi connectivity index (χ2v) is 6.93. The first-order valence-electron chi connectivity index (χ1n) is 9.55. The van der Waals surface area contributed by atoms with E-state index in [0.29, 0.717) is 18.8 Å². The first-order chi connectivity index (χ1) is 12.6. The van der Waals surface area contributed by atoms with Crippen molar-refractivity contribution in [2.45, 2.75) is 52.4 Å². The van der Waals surface area contributed by atoms with Gasteiger partial charge in [0.05, 0.1) is 4.92 Å². The fourth-order valence-electron chi connectivity index (χ4n) is 4.08. The molecule has 0 aliphatic heterocycles. The van der Waals surface area contributed by atoms with Crippen LogP contribution in [-0.2, 0) is 6.42 Å². The van der Waals surface area contributed by atoms with E-state index in [1.165, 1.54) is 25.7 Å². The summed E-state index contributed by atoms with van der Waals surface area (Å²) in [5.74, 6) is 0.775. The number of fused-ring (bicyclic) bond motifs is 3. The highest BCUT2D eigenvalue weighted by Crippen LogP contribution is 2.39. The van der Waals surface area contributed by atoms with Gasteiger partial charge in [0, 0.05) is 24.1 Å². The van der Waals surface area contributed by atoms with Gasteiger partial charge in [-0.15, -0.1) is 0 Å². The molecule has 2 aliphatic carbocycles. The first-order valence-corrected chi connectivity index (χ1v) is 9.55. The Morgan fingerprint density at radius 1 is 1.04 bits per heavy atom. The van der Waals surface area contributed by atoms with E-state index in [0.717, 1.165) is 27.8 Å². The first kappa shape index (κ1) is 18.3. The minimum absolute atomic E-state index is 0.124. The molecule has 2 aromatic carbocycles. The average Bonchev–Trinajstić information content (AvgIpc) is 3.29. The van der Waals surface area contributed by atoms with E-state index in [9.17, 15) is 14.9 Å². The predicted molar refractivity (Wildman–Crippen MR) is 104 cm³/mol. The highest BCUT2D eigenvalue weighted by molar-refractivity contribution is 5.97. The second kappa shape index (κ2) is 7.81. The van der Waals surface area contributed by atoms with Gasteiger partial charge in [-0.25, -0.2) is 0 Å². The summed E-state index contributed by atoms with van der Waals surface area (Å²) in [6.07, 6.45) is 6.15. The molecule has 0 saturated heterocycles. The standard InChI is InChI=1S/C20H19NO3.C2H6/c22-20(9-13-3-1-2-4-13)14-5-7-18-15(10-14)11-16-12-17(21(23)24)6-8-19(16)18;1-2/h5-8,10,12-13H,1-4,9,11H2;1-2H3. The van der Waals surface area contributed by atoms with Gasteiger partial charge in [-0.2, -0.15) is 0 Å². The summed E-state index contributed by atoms with van der Waals surface area (Å²) < 4.78 is 0. The third-order valence-electron chi connectivity index (χ3n) is 5.35. The molecule has 2 aromatic rings. The summed E-state index contributed by atoms with van der Waals surface area (Å²) in [6, 6.07) is 10.9. The summed E-state index contributed by atoms with van der Waals surface area (Å²) in [7, 11) is 0. The number of hydrogen-bond donors (Lipinski definition) is 0. The van der Waals surface area contributed by atoms with Gasteiger partial charge in [0.25, 0.3) is 5.69 Å². The molecular formula is C22H25NO3. The lowest BCUT2D eigenvalue weighted by molar-refractivity contribution is -0.384. The Balaban J connectivity index is 0.000000948. The molecule has 4 nitrogen and oxygen atoms in total. The maximum absolute atomic E-state index is 12.5. The minimum atomic E-state index is -0.361. The largest absolute Gasteiger partial charge is 0.294 e. The van der Waals surface area contributed by atoms with Crippen molar-refractivity contribution in [3.8, 4) is 11.1 Å². The zero-order chi connectivity index (χ0) is 18.7. The lowest BCUT2D eigenvalue weighted by Crippen LogP contribution is -2.06. The highest BCUT2D eigenvalue weighted by Gasteiger charge is 2.24.